The number of aromatic nitrogens is 1. The molecule has 0 fully saturated rings. The van der Waals surface area contributed by atoms with E-state index >= 15 is 0 Å². The van der Waals surface area contributed by atoms with Crippen molar-refractivity contribution < 1.29 is 14.3 Å². The number of aryl methyl sites for hydroxylation is 2. The van der Waals surface area contributed by atoms with Crippen LogP contribution in [-0.2, 0) is 0 Å². The Morgan fingerprint density at radius 2 is 1.81 bits per heavy atom. The highest BCUT2D eigenvalue weighted by Crippen LogP contribution is 2.35. The second-order valence-electron chi connectivity index (χ2n) is 6.30. The molecule has 0 unspecified atom stereocenters. The lowest BCUT2D eigenvalue weighted by Crippen LogP contribution is -2.13. The van der Waals surface area contributed by atoms with E-state index in [1.165, 1.54) is 0 Å². The number of nitrogens with one attached hydrogen (secondary N) is 1. The summed E-state index contributed by atoms with van der Waals surface area (Å²) >= 11 is 0. The van der Waals surface area contributed by atoms with Gasteiger partial charge in [0.25, 0.3) is 5.91 Å². The van der Waals surface area contributed by atoms with Gasteiger partial charge in [-0.1, -0.05) is 18.2 Å². The number of rotatable bonds is 3. The van der Waals surface area contributed by atoms with Crippen LogP contribution in [0.5, 0.6) is 11.5 Å². The number of benzene rings is 2. The van der Waals surface area contributed by atoms with Crippen LogP contribution in [0.4, 0.5) is 5.69 Å². The lowest BCUT2D eigenvalue weighted by Gasteiger charge is -2.10. The number of ether oxygens (including phenoxy) is 2. The lowest BCUT2D eigenvalue weighted by molar-refractivity contribution is 0.102. The first-order valence-electron chi connectivity index (χ1n) is 8.34. The summed E-state index contributed by atoms with van der Waals surface area (Å²) in [7, 11) is 0. The number of hydrogen-bond acceptors (Lipinski definition) is 4. The molecule has 2 aromatic carbocycles. The maximum absolute atomic E-state index is 12.7. The summed E-state index contributed by atoms with van der Waals surface area (Å²) in [6.07, 6.45) is 3.29. The summed E-state index contributed by atoms with van der Waals surface area (Å²) in [5, 5.41) is 2.96. The molecule has 1 aliphatic rings. The predicted molar refractivity (Wildman–Crippen MR) is 99.7 cm³/mol. The number of pyridine rings is 1. The van der Waals surface area contributed by atoms with Crippen molar-refractivity contribution in [2.75, 3.05) is 12.1 Å². The van der Waals surface area contributed by atoms with Crippen molar-refractivity contribution in [3.63, 3.8) is 0 Å². The molecule has 0 radical (unpaired) electrons. The van der Waals surface area contributed by atoms with E-state index in [0.717, 1.165) is 33.7 Å². The molecule has 3 aromatic rings. The number of fused-ring (bicyclic) bond motifs is 1. The molecule has 1 aromatic heterocycles. The summed E-state index contributed by atoms with van der Waals surface area (Å²) in [4.78, 5) is 16.9. The van der Waals surface area contributed by atoms with Gasteiger partial charge in [0.05, 0.1) is 5.56 Å². The standard InChI is InChI=1S/C21H18N2O3/c1-13-3-4-14(2)18(7-13)23-21(24)17-8-16(10-22-11-17)15-5-6-19-20(9-15)26-12-25-19/h3-11H,12H2,1-2H3,(H,23,24). The molecule has 130 valence electrons. The summed E-state index contributed by atoms with van der Waals surface area (Å²) in [6.45, 7) is 4.20. The first-order valence-corrected chi connectivity index (χ1v) is 8.34. The summed E-state index contributed by atoms with van der Waals surface area (Å²) in [6, 6.07) is 13.5. The smallest absolute Gasteiger partial charge is 0.257 e. The van der Waals surface area contributed by atoms with Gasteiger partial charge < -0.3 is 14.8 Å². The van der Waals surface area contributed by atoms with Gasteiger partial charge in [-0.2, -0.15) is 0 Å². The fourth-order valence-electron chi connectivity index (χ4n) is 2.86. The van der Waals surface area contributed by atoms with Crippen LogP contribution in [0, 0.1) is 13.8 Å². The number of nitrogens with zero attached hydrogens (tertiary/aromatic N) is 1. The minimum Gasteiger partial charge on any atom is -0.454 e. The van der Waals surface area contributed by atoms with Crippen molar-refractivity contribution in [1.82, 2.24) is 4.98 Å². The molecule has 5 heteroatoms. The Labute approximate surface area is 151 Å². The largest absolute Gasteiger partial charge is 0.454 e. The van der Waals surface area contributed by atoms with Crippen molar-refractivity contribution in [1.29, 1.82) is 0 Å². The van der Waals surface area contributed by atoms with Crippen LogP contribution in [0.15, 0.2) is 54.9 Å². The summed E-state index contributed by atoms with van der Waals surface area (Å²) in [5.74, 6) is 1.24. The zero-order valence-electron chi connectivity index (χ0n) is 14.6. The molecular formula is C21H18N2O3. The highest BCUT2D eigenvalue weighted by Gasteiger charge is 2.15. The van der Waals surface area contributed by atoms with Gasteiger partial charge in [0.1, 0.15) is 0 Å². The Balaban J connectivity index is 1.61. The number of anilines is 1. The molecule has 1 aliphatic heterocycles. The first-order chi connectivity index (χ1) is 12.6. The van der Waals surface area contributed by atoms with Crippen LogP contribution in [0.25, 0.3) is 11.1 Å². The minimum atomic E-state index is -0.186. The van der Waals surface area contributed by atoms with Crippen molar-refractivity contribution in [3.8, 4) is 22.6 Å². The molecule has 26 heavy (non-hydrogen) atoms. The molecule has 0 saturated carbocycles. The van der Waals surface area contributed by atoms with E-state index < -0.39 is 0 Å². The molecule has 0 aliphatic carbocycles. The van der Waals surface area contributed by atoms with Crippen LogP contribution < -0.4 is 14.8 Å². The quantitative estimate of drug-likeness (QED) is 0.766. The highest BCUT2D eigenvalue weighted by atomic mass is 16.7. The van der Waals surface area contributed by atoms with E-state index in [9.17, 15) is 4.79 Å². The zero-order valence-corrected chi connectivity index (χ0v) is 14.6. The SMILES string of the molecule is Cc1ccc(C)c(NC(=O)c2cncc(-c3ccc4c(c3)OCO4)c2)c1. The van der Waals surface area contributed by atoms with Crippen molar-refractivity contribution in [2.45, 2.75) is 13.8 Å². The molecule has 0 saturated heterocycles. The van der Waals surface area contributed by atoms with Gasteiger partial charge >= 0.3 is 0 Å². The van der Waals surface area contributed by atoms with Gasteiger partial charge in [-0.15, -0.1) is 0 Å². The number of carbonyl (C=O) groups is 1. The maximum atomic E-state index is 12.7. The summed E-state index contributed by atoms with van der Waals surface area (Å²) < 4.78 is 10.8. The van der Waals surface area contributed by atoms with E-state index in [-0.39, 0.29) is 12.7 Å². The molecule has 4 rings (SSSR count). The van der Waals surface area contributed by atoms with Crippen LogP contribution >= 0.6 is 0 Å². The second-order valence-corrected chi connectivity index (χ2v) is 6.30. The highest BCUT2D eigenvalue weighted by molar-refractivity contribution is 6.05. The number of hydrogen-bond donors (Lipinski definition) is 1. The van der Waals surface area contributed by atoms with E-state index in [0.29, 0.717) is 11.3 Å². The Bertz CT molecular complexity index is 998. The van der Waals surface area contributed by atoms with E-state index in [1.807, 2.05) is 56.3 Å². The van der Waals surface area contributed by atoms with Crippen LogP contribution in [0.1, 0.15) is 21.5 Å². The van der Waals surface area contributed by atoms with Crippen molar-refractivity contribution in [3.05, 3.63) is 71.5 Å². The second kappa shape index (κ2) is 6.52. The molecule has 0 bridgehead atoms. The third kappa shape index (κ3) is 3.11. The molecule has 1 N–H and O–H groups in total. The first kappa shape index (κ1) is 16.1. The van der Waals surface area contributed by atoms with Crippen LogP contribution in [0.3, 0.4) is 0 Å². The Kier molecular flexibility index (Phi) is 4.05. The fourth-order valence-corrected chi connectivity index (χ4v) is 2.86. The third-order valence-electron chi connectivity index (χ3n) is 4.35. The fraction of sp³-hybridized carbons (Fsp3) is 0.143. The van der Waals surface area contributed by atoms with E-state index in [1.54, 1.807) is 12.4 Å². The van der Waals surface area contributed by atoms with Gasteiger partial charge in [0, 0.05) is 23.6 Å². The van der Waals surface area contributed by atoms with Gasteiger partial charge in [0.2, 0.25) is 6.79 Å². The van der Waals surface area contributed by atoms with Gasteiger partial charge in [-0.05, 0) is 54.8 Å². The van der Waals surface area contributed by atoms with Crippen molar-refractivity contribution in [2.24, 2.45) is 0 Å². The molecule has 0 atom stereocenters. The number of amides is 1. The zero-order chi connectivity index (χ0) is 18.1. The molecule has 5 nitrogen and oxygen atoms in total. The Morgan fingerprint density at radius 3 is 2.69 bits per heavy atom. The van der Waals surface area contributed by atoms with E-state index in [4.69, 9.17) is 9.47 Å². The van der Waals surface area contributed by atoms with Crippen molar-refractivity contribution >= 4 is 11.6 Å². The van der Waals surface area contributed by atoms with Gasteiger partial charge in [-0.3, -0.25) is 9.78 Å². The molecule has 0 spiro atoms. The third-order valence-corrected chi connectivity index (χ3v) is 4.35. The average molecular weight is 346 g/mol. The molecule has 2 heterocycles. The minimum absolute atomic E-state index is 0.186. The molecule has 1 amide bonds. The summed E-state index contributed by atoms with van der Waals surface area (Å²) in [5.41, 5.74) is 5.19. The predicted octanol–water partition coefficient (Wildman–Crippen LogP) is 4.35. The lowest BCUT2D eigenvalue weighted by atomic mass is 10.0. The number of carbonyl (C=O) groups excluding carboxylic acids is 1. The average Bonchev–Trinajstić information content (AvgIpc) is 3.12. The molecular weight excluding hydrogens is 328 g/mol. The topological polar surface area (TPSA) is 60.5 Å². The van der Waals surface area contributed by atoms with E-state index in [2.05, 4.69) is 10.3 Å². The Morgan fingerprint density at radius 1 is 0.962 bits per heavy atom. The normalized spacial score (nSPS) is 12.1. The van der Waals surface area contributed by atoms with Crippen LogP contribution in [0.2, 0.25) is 0 Å². The Hall–Kier alpha value is -3.34. The van der Waals surface area contributed by atoms with Crippen LogP contribution in [-0.4, -0.2) is 17.7 Å². The maximum Gasteiger partial charge on any atom is 0.257 e. The monoisotopic (exact) mass is 346 g/mol. The van der Waals surface area contributed by atoms with Gasteiger partial charge in [-0.25, -0.2) is 0 Å². The van der Waals surface area contributed by atoms with Gasteiger partial charge in [0.15, 0.2) is 11.5 Å².